The summed E-state index contributed by atoms with van der Waals surface area (Å²) in [5.41, 5.74) is 0. The van der Waals surface area contributed by atoms with E-state index in [4.69, 9.17) is 0 Å². The largest absolute Gasteiger partial charge is 0.347 e. The molecule has 6 nitrogen and oxygen atoms in total. The first-order chi connectivity index (χ1) is 8.90. The fraction of sp³-hybridized carbons (Fsp3) is 0.769. The quantitative estimate of drug-likeness (QED) is 0.771. The van der Waals surface area contributed by atoms with Crippen LogP contribution in [-0.2, 0) is 14.4 Å². The van der Waals surface area contributed by atoms with Gasteiger partial charge in [0, 0.05) is 39.5 Å². The lowest BCUT2D eigenvalue weighted by Crippen LogP contribution is -2.52. The van der Waals surface area contributed by atoms with E-state index in [0.29, 0.717) is 32.6 Å². The topological polar surface area (TPSA) is 69.7 Å². The lowest BCUT2D eigenvalue weighted by Gasteiger charge is -2.34. The third kappa shape index (κ3) is 5.28. The molecule has 19 heavy (non-hydrogen) atoms. The number of carbonyl (C=O) groups is 3. The molecule has 1 heterocycles. The number of rotatable bonds is 4. The zero-order valence-electron chi connectivity index (χ0n) is 11.9. The highest BCUT2D eigenvalue weighted by Crippen LogP contribution is 2.02. The van der Waals surface area contributed by atoms with Crippen LogP contribution in [-0.4, -0.2) is 60.2 Å². The van der Waals surface area contributed by atoms with Crippen molar-refractivity contribution >= 4 is 17.7 Å². The van der Waals surface area contributed by atoms with E-state index in [1.165, 1.54) is 6.92 Å². The molecule has 1 saturated heterocycles. The maximum atomic E-state index is 11.9. The number of amides is 3. The highest BCUT2D eigenvalue weighted by Gasteiger charge is 2.22. The Labute approximate surface area is 114 Å². The lowest BCUT2D eigenvalue weighted by molar-refractivity contribution is -0.138. The van der Waals surface area contributed by atoms with Gasteiger partial charge in [0.05, 0.1) is 6.54 Å². The van der Waals surface area contributed by atoms with Crippen LogP contribution in [0.15, 0.2) is 0 Å². The fourth-order valence-corrected chi connectivity index (χ4v) is 2.00. The molecule has 1 aliphatic rings. The van der Waals surface area contributed by atoms with Gasteiger partial charge in [0.25, 0.3) is 0 Å². The molecular weight excluding hydrogens is 246 g/mol. The van der Waals surface area contributed by atoms with Gasteiger partial charge in [-0.1, -0.05) is 13.8 Å². The van der Waals surface area contributed by atoms with Crippen molar-refractivity contribution in [3.05, 3.63) is 0 Å². The third-order valence-electron chi connectivity index (χ3n) is 3.11. The van der Waals surface area contributed by atoms with Gasteiger partial charge < -0.3 is 15.1 Å². The molecule has 108 valence electrons. The van der Waals surface area contributed by atoms with Gasteiger partial charge in [0.15, 0.2) is 0 Å². The van der Waals surface area contributed by atoms with Crippen LogP contribution in [0.4, 0.5) is 0 Å². The van der Waals surface area contributed by atoms with E-state index >= 15 is 0 Å². The van der Waals surface area contributed by atoms with E-state index in [9.17, 15) is 14.4 Å². The van der Waals surface area contributed by atoms with Crippen molar-refractivity contribution in [3.8, 4) is 0 Å². The summed E-state index contributed by atoms with van der Waals surface area (Å²) >= 11 is 0. The molecule has 0 aromatic heterocycles. The first-order valence-electron chi connectivity index (χ1n) is 6.70. The highest BCUT2D eigenvalue weighted by molar-refractivity contribution is 5.85. The molecule has 1 rings (SSSR count). The Kier molecular flexibility index (Phi) is 5.79. The molecule has 1 N–H and O–H groups in total. The SMILES string of the molecule is CC(=O)N1CCN(C(=O)CNC(=O)CC(C)C)CC1. The second kappa shape index (κ2) is 7.11. The normalized spacial score (nSPS) is 15.6. The van der Waals surface area contributed by atoms with Crippen molar-refractivity contribution in [2.24, 2.45) is 5.92 Å². The second-order valence-electron chi connectivity index (χ2n) is 5.26. The molecule has 6 heteroatoms. The molecule has 3 amide bonds. The number of carbonyl (C=O) groups excluding carboxylic acids is 3. The number of nitrogens with one attached hydrogen (secondary N) is 1. The maximum Gasteiger partial charge on any atom is 0.242 e. The van der Waals surface area contributed by atoms with Crippen molar-refractivity contribution in [1.82, 2.24) is 15.1 Å². The Balaban J connectivity index is 2.28. The van der Waals surface area contributed by atoms with E-state index in [0.717, 1.165) is 0 Å². The van der Waals surface area contributed by atoms with Crippen molar-refractivity contribution in [2.45, 2.75) is 27.2 Å². The molecule has 0 saturated carbocycles. The first-order valence-corrected chi connectivity index (χ1v) is 6.70. The zero-order chi connectivity index (χ0) is 14.4. The van der Waals surface area contributed by atoms with Crippen molar-refractivity contribution in [3.63, 3.8) is 0 Å². The van der Waals surface area contributed by atoms with Gasteiger partial charge in [-0.05, 0) is 5.92 Å². The van der Waals surface area contributed by atoms with Crippen LogP contribution in [0.25, 0.3) is 0 Å². The summed E-state index contributed by atoms with van der Waals surface area (Å²) in [7, 11) is 0. The summed E-state index contributed by atoms with van der Waals surface area (Å²) in [6.07, 6.45) is 0.436. The van der Waals surface area contributed by atoms with Gasteiger partial charge in [-0.3, -0.25) is 14.4 Å². The predicted molar refractivity (Wildman–Crippen MR) is 71.3 cm³/mol. The number of nitrogens with zero attached hydrogens (tertiary/aromatic N) is 2. The molecule has 0 aromatic rings. The van der Waals surface area contributed by atoms with Crippen molar-refractivity contribution in [1.29, 1.82) is 0 Å². The van der Waals surface area contributed by atoms with Crippen LogP contribution in [0.2, 0.25) is 0 Å². The van der Waals surface area contributed by atoms with Crippen LogP contribution >= 0.6 is 0 Å². The van der Waals surface area contributed by atoms with E-state index in [2.05, 4.69) is 5.32 Å². The average Bonchev–Trinajstić information content (AvgIpc) is 2.35. The number of hydrogen-bond acceptors (Lipinski definition) is 3. The maximum absolute atomic E-state index is 11.9. The van der Waals surface area contributed by atoms with Crippen molar-refractivity contribution < 1.29 is 14.4 Å². The minimum absolute atomic E-state index is 0.0392. The molecule has 0 aliphatic carbocycles. The summed E-state index contributed by atoms with van der Waals surface area (Å²) in [5, 5.41) is 2.63. The van der Waals surface area contributed by atoms with Gasteiger partial charge >= 0.3 is 0 Å². The minimum atomic E-state index is -0.0919. The monoisotopic (exact) mass is 269 g/mol. The van der Waals surface area contributed by atoms with E-state index in [1.54, 1.807) is 9.80 Å². The molecule has 0 radical (unpaired) electrons. The van der Waals surface area contributed by atoms with Gasteiger partial charge in [-0.2, -0.15) is 0 Å². The van der Waals surface area contributed by atoms with Crippen LogP contribution in [0.5, 0.6) is 0 Å². The Hall–Kier alpha value is -1.59. The van der Waals surface area contributed by atoms with E-state index in [1.807, 2.05) is 13.8 Å². The van der Waals surface area contributed by atoms with Crippen LogP contribution in [0, 0.1) is 5.92 Å². The smallest absolute Gasteiger partial charge is 0.242 e. The standard InChI is InChI=1S/C13H23N3O3/c1-10(2)8-12(18)14-9-13(19)16-6-4-15(5-7-16)11(3)17/h10H,4-9H2,1-3H3,(H,14,18). The molecule has 1 aliphatic heterocycles. The summed E-state index contributed by atoms with van der Waals surface area (Å²) in [4.78, 5) is 37.9. The Morgan fingerprint density at radius 1 is 1.05 bits per heavy atom. The molecule has 0 aromatic carbocycles. The van der Waals surface area contributed by atoms with E-state index < -0.39 is 0 Å². The summed E-state index contributed by atoms with van der Waals surface area (Å²) in [6.45, 7) is 7.72. The molecule has 0 bridgehead atoms. The second-order valence-corrected chi connectivity index (χ2v) is 5.26. The first kappa shape index (κ1) is 15.5. The van der Waals surface area contributed by atoms with Gasteiger partial charge in [0.1, 0.15) is 0 Å². The Morgan fingerprint density at radius 3 is 2.05 bits per heavy atom. The third-order valence-corrected chi connectivity index (χ3v) is 3.11. The van der Waals surface area contributed by atoms with Crippen LogP contribution in [0.1, 0.15) is 27.2 Å². The predicted octanol–water partition coefficient (Wildman–Crippen LogP) is -0.161. The highest BCUT2D eigenvalue weighted by atomic mass is 16.2. The van der Waals surface area contributed by atoms with E-state index in [-0.39, 0.29) is 30.2 Å². The summed E-state index contributed by atoms with van der Waals surface area (Å²) in [5.74, 6) is 0.151. The minimum Gasteiger partial charge on any atom is -0.347 e. The summed E-state index contributed by atoms with van der Waals surface area (Å²) < 4.78 is 0. The number of piperazine rings is 1. The number of hydrogen-bond donors (Lipinski definition) is 1. The summed E-state index contributed by atoms with van der Waals surface area (Å²) in [6, 6.07) is 0. The average molecular weight is 269 g/mol. The van der Waals surface area contributed by atoms with Gasteiger partial charge in [0.2, 0.25) is 17.7 Å². The van der Waals surface area contributed by atoms with Gasteiger partial charge in [-0.25, -0.2) is 0 Å². The Morgan fingerprint density at radius 2 is 1.58 bits per heavy atom. The molecule has 0 atom stereocenters. The zero-order valence-corrected chi connectivity index (χ0v) is 11.9. The van der Waals surface area contributed by atoms with Crippen LogP contribution < -0.4 is 5.32 Å². The molecule has 0 spiro atoms. The molecule has 0 unspecified atom stereocenters. The molecular formula is C13H23N3O3. The van der Waals surface area contributed by atoms with Crippen LogP contribution in [0.3, 0.4) is 0 Å². The Bertz CT molecular complexity index is 347. The van der Waals surface area contributed by atoms with Gasteiger partial charge in [-0.15, -0.1) is 0 Å². The van der Waals surface area contributed by atoms with Crippen molar-refractivity contribution in [2.75, 3.05) is 32.7 Å². The fourth-order valence-electron chi connectivity index (χ4n) is 2.00. The lowest BCUT2D eigenvalue weighted by atomic mass is 10.1. The molecule has 1 fully saturated rings.